The van der Waals surface area contributed by atoms with Gasteiger partial charge in [-0.05, 0) is 0 Å². The van der Waals surface area contributed by atoms with Gasteiger partial charge in [-0.2, -0.15) is 0 Å². The normalized spacial score (nSPS) is 11.2. The molecule has 13 heavy (non-hydrogen) atoms. The van der Waals surface area contributed by atoms with Crippen LogP contribution < -0.4 is 0 Å². The number of hydrogen-bond acceptors (Lipinski definition) is 0. The summed E-state index contributed by atoms with van der Waals surface area (Å²) in [6, 6.07) is 0. The Morgan fingerprint density at radius 1 is 0.846 bits per heavy atom. The average molecular weight is 244 g/mol. The van der Waals surface area contributed by atoms with E-state index in [4.69, 9.17) is 0 Å². The number of rotatable bonds is 9. The average Bonchev–Trinajstić information content (AvgIpc) is 2.16. The third-order valence-corrected chi connectivity index (χ3v) is 2.93. The van der Waals surface area contributed by atoms with Crippen LogP contribution in [-0.2, 0) is 0 Å². The van der Waals surface area contributed by atoms with Crippen LogP contribution in [0.4, 0.5) is 0 Å². The molecule has 0 heterocycles. The topological polar surface area (TPSA) is 0 Å². The zero-order valence-electron chi connectivity index (χ0n) is 9.10. The predicted molar refractivity (Wildman–Crippen MR) is 64.9 cm³/mol. The van der Waals surface area contributed by atoms with Gasteiger partial charge in [0, 0.05) is 0 Å². The van der Waals surface area contributed by atoms with E-state index in [1.165, 1.54) is 57.8 Å². The molecule has 0 aliphatic rings. The Morgan fingerprint density at radius 2 is 1.38 bits per heavy atom. The van der Waals surface area contributed by atoms with Gasteiger partial charge in [-0.1, -0.05) is 0 Å². The Bertz CT molecular complexity index is 108. The molecule has 0 N–H and O–H groups in total. The van der Waals surface area contributed by atoms with Gasteiger partial charge in [0.2, 0.25) is 0 Å². The summed E-state index contributed by atoms with van der Waals surface area (Å²) in [6.45, 7) is 2.28. The van der Waals surface area contributed by atoms with Crippen LogP contribution in [0.15, 0.2) is 10.9 Å². The van der Waals surface area contributed by atoms with Gasteiger partial charge in [0.25, 0.3) is 0 Å². The second-order valence-corrected chi connectivity index (χ2v) is 4.50. The maximum absolute atomic E-state index is 2.30. The molecule has 0 amide bonds. The zero-order valence-corrected chi connectivity index (χ0v) is 11.5. The van der Waals surface area contributed by atoms with Crippen LogP contribution in [0.25, 0.3) is 0 Å². The van der Waals surface area contributed by atoms with Crippen molar-refractivity contribution in [2.45, 2.75) is 64.7 Å². The van der Waals surface area contributed by atoms with Gasteiger partial charge in [0.15, 0.2) is 0 Å². The van der Waals surface area contributed by atoms with E-state index in [-0.39, 0.29) is 0 Å². The van der Waals surface area contributed by atoms with Crippen LogP contribution in [0.3, 0.4) is 0 Å². The Labute approximate surface area is 92.7 Å². The van der Waals surface area contributed by atoms with Gasteiger partial charge < -0.3 is 0 Å². The molecule has 0 aromatic carbocycles. The molecule has 0 fully saturated rings. The van der Waals surface area contributed by atoms with Crippen molar-refractivity contribution < 1.29 is 0 Å². The Kier molecular flexibility index (Phi) is 12.6. The van der Waals surface area contributed by atoms with Crippen LogP contribution in [0, 0.1) is 0 Å². The summed E-state index contributed by atoms with van der Waals surface area (Å²) in [6.07, 6.45) is 15.0. The minimum absolute atomic E-state index is 1.30. The van der Waals surface area contributed by atoms with Crippen LogP contribution in [0.1, 0.15) is 64.7 Å². The van der Waals surface area contributed by atoms with Crippen LogP contribution in [0.5, 0.6) is 0 Å². The molecule has 0 rings (SSSR count). The van der Waals surface area contributed by atoms with Crippen molar-refractivity contribution in [2.75, 3.05) is 0 Å². The quantitative estimate of drug-likeness (QED) is 0.429. The molecular formula is C12H25As. The van der Waals surface area contributed by atoms with E-state index in [9.17, 15) is 0 Å². The van der Waals surface area contributed by atoms with Gasteiger partial charge in [-0.25, -0.2) is 0 Å². The van der Waals surface area contributed by atoms with Crippen molar-refractivity contribution in [1.29, 1.82) is 0 Å². The molecule has 0 bridgehead atoms. The molecule has 0 spiro atoms. The third kappa shape index (κ3) is 12.3. The summed E-state index contributed by atoms with van der Waals surface area (Å²) < 4.78 is 0. The van der Waals surface area contributed by atoms with Gasteiger partial charge in [-0.15, -0.1) is 0 Å². The van der Waals surface area contributed by atoms with Crippen LogP contribution in [0.2, 0.25) is 0 Å². The fraction of sp³-hybridized carbons (Fsp3) is 0.833. The van der Waals surface area contributed by atoms with Gasteiger partial charge in [0.1, 0.15) is 0 Å². The number of unbranched alkanes of at least 4 members (excludes halogenated alkanes) is 8. The first-order valence-corrected chi connectivity index (χ1v) is 7.18. The molecule has 0 saturated heterocycles. The zero-order chi connectivity index (χ0) is 9.78. The van der Waals surface area contributed by atoms with Crippen molar-refractivity contribution in [2.24, 2.45) is 0 Å². The second-order valence-electron chi connectivity index (χ2n) is 3.69. The first-order valence-electron chi connectivity index (χ1n) is 5.78. The first kappa shape index (κ1) is 13.3. The van der Waals surface area contributed by atoms with E-state index in [0.717, 1.165) is 0 Å². The first-order chi connectivity index (χ1) is 6.41. The Balaban J connectivity index is 2.83. The third-order valence-electron chi connectivity index (χ3n) is 2.36. The molecule has 1 heteroatoms. The minimum atomic E-state index is 1.30. The molecule has 1 unspecified atom stereocenters. The molecule has 0 nitrogen and oxygen atoms in total. The maximum atomic E-state index is 2.30. The summed E-state index contributed by atoms with van der Waals surface area (Å²) in [4.78, 5) is 2.22. The van der Waals surface area contributed by atoms with Crippen molar-refractivity contribution in [3.05, 3.63) is 10.9 Å². The van der Waals surface area contributed by atoms with E-state index in [1.54, 1.807) is 16.9 Å². The monoisotopic (exact) mass is 244 g/mol. The number of allylic oxidation sites excluding steroid dienone is 1. The van der Waals surface area contributed by atoms with E-state index >= 15 is 0 Å². The SMILES string of the molecule is CCCCCCCCCCC=C[AsH2]. The fourth-order valence-corrected chi connectivity index (χ4v) is 1.90. The predicted octanol–water partition coefficient (Wildman–Crippen LogP) is 3.66. The molecule has 0 aromatic heterocycles. The van der Waals surface area contributed by atoms with E-state index in [1.807, 2.05) is 0 Å². The standard InChI is InChI=1S/C12H25As/c1-2-3-4-5-6-7-8-9-10-11-12-13/h11-12H,2-10,13H2,1H3. The van der Waals surface area contributed by atoms with E-state index in [2.05, 4.69) is 17.9 Å². The molecule has 0 aromatic rings. The number of hydrogen-bond donors (Lipinski definition) is 0. The molecular weight excluding hydrogens is 219 g/mol. The van der Waals surface area contributed by atoms with Crippen molar-refractivity contribution in [3.8, 4) is 0 Å². The van der Waals surface area contributed by atoms with Crippen molar-refractivity contribution in [3.63, 3.8) is 0 Å². The summed E-state index contributed by atoms with van der Waals surface area (Å²) in [7, 11) is 0. The summed E-state index contributed by atoms with van der Waals surface area (Å²) in [5, 5.41) is 0. The van der Waals surface area contributed by atoms with Crippen molar-refractivity contribution in [1.82, 2.24) is 0 Å². The Hall–Kier alpha value is 0.298. The molecule has 0 saturated carbocycles. The fourth-order valence-electron chi connectivity index (χ4n) is 1.49. The van der Waals surface area contributed by atoms with E-state index < -0.39 is 0 Å². The molecule has 0 aliphatic carbocycles. The molecule has 78 valence electrons. The summed E-state index contributed by atoms with van der Waals surface area (Å²) in [5.74, 6) is 0. The van der Waals surface area contributed by atoms with Gasteiger partial charge in [-0.3, -0.25) is 0 Å². The second kappa shape index (κ2) is 12.3. The molecule has 1 atom stereocenters. The van der Waals surface area contributed by atoms with Crippen molar-refractivity contribution >= 4 is 16.9 Å². The van der Waals surface area contributed by atoms with Crippen LogP contribution >= 0.6 is 0 Å². The van der Waals surface area contributed by atoms with Crippen LogP contribution in [-0.4, -0.2) is 16.9 Å². The summed E-state index contributed by atoms with van der Waals surface area (Å²) in [5.41, 5.74) is 0. The molecule has 0 radical (unpaired) electrons. The van der Waals surface area contributed by atoms with E-state index in [0.29, 0.717) is 0 Å². The Morgan fingerprint density at radius 3 is 1.92 bits per heavy atom. The molecule has 0 aliphatic heterocycles. The van der Waals surface area contributed by atoms with Gasteiger partial charge >= 0.3 is 92.5 Å². The van der Waals surface area contributed by atoms with Gasteiger partial charge in [0.05, 0.1) is 0 Å². The summed E-state index contributed by atoms with van der Waals surface area (Å²) >= 11 is 1.71.